The lowest BCUT2D eigenvalue weighted by molar-refractivity contribution is -0.384. The maximum Gasteiger partial charge on any atom is 0.297 e. The van der Waals surface area contributed by atoms with Gasteiger partial charge in [-0.1, -0.05) is 0 Å². The van der Waals surface area contributed by atoms with Crippen molar-refractivity contribution >= 4 is 11.4 Å². The zero-order valence-electron chi connectivity index (χ0n) is 9.64. The van der Waals surface area contributed by atoms with Crippen LogP contribution >= 0.6 is 0 Å². The summed E-state index contributed by atoms with van der Waals surface area (Å²) in [6, 6.07) is 2.53. The number of ether oxygens (including phenoxy) is 1. The van der Waals surface area contributed by atoms with Gasteiger partial charge in [-0.25, -0.2) is 10.2 Å². The van der Waals surface area contributed by atoms with E-state index in [4.69, 9.17) is 10.6 Å². The summed E-state index contributed by atoms with van der Waals surface area (Å²) >= 11 is 0. The fourth-order valence-electron chi connectivity index (χ4n) is 1.49. The minimum absolute atomic E-state index is 0.226. The Morgan fingerprint density at radius 2 is 2.24 bits per heavy atom. The van der Waals surface area contributed by atoms with Crippen LogP contribution in [0.15, 0.2) is 12.1 Å². The van der Waals surface area contributed by atoms with Gasteiger partial charge in [0.25, 0.3) is 5.69 Å². The molecule has 94 valence electrons. The number of nitrogens with zero attached hydrogens (tertiary/aromatic N) is 2. The van der Waals surface area contributed by atoms with E-state index in [2.05, 4.69) is 0 Å². The van der Waals surface area contributed by atoms with Crippen LogP contribution in [0, 0.1) is 15.9 Å². The molecule has 1 rings (SSSR count). The summed E-state index contributed by atoms with van der Waals surface area (Å²) in [6.45, 7) is 0.369. The largest absolute Gasteiger partial charge is 0.384 e. The molecule has 6 nitrogen and oxygen atoms in total. The van der Waals surface area contributed by atoms with E-state index >= 15 is 0 Å². The van der Waals surface area contributed by atoms with Crippen LogP contribution in [-0.4, -0.2) is 25.7 Å². The molecule has 0 aliphatic rings. The van der Waals surface area contributed by atoms with Crippen molar-refractivity contribution in [2.75, 3.05) is 25.8 Å². The third kappa shape index (κ3) is 3.11. The van der Waals surface area contributed by atoms with Gasteiger partial charge in [0, 0.05) is 20.2 Å². The molecule has 17 heavy (non-hydrogen) atoms. The fourth-order valence-corrected chi connectivity index (χ4v) is 1.49. The monoisotopic (exact) mass is 243 g/mol. The molecule has 0 saturated carbocycles. The molecular formula is C10H14FN3O3. The molecule has 1 aromatic carbocycles. The van der Waals surface area contributed by atoms with E-state index in [9.17, 15) is 14.5 Å². The van der Waals surface area contributed by atoms with Gasteiger partial charge in [0.15, 0.2) is 11.5 Å². The highest BCUT2D eigenvalue weighted by atomic mass is 19.1. The fraction of sp³-hybridized carbons (Fsp3) is 0.400. The minimum Gasteiger partial charge on any atom is -0.384 e. The molecule has 0 aliphatic carbocycles. The first-order chi connectivity index (χ1) is 7.97. The lowest BCUT2D eigenvalue weighted by atomic mass is 10.1. The summed E-state index contributed by atoms with van der Waals surface area (Å²) in [6.07, 6.45) is 0.406. The second kappa shape index (κ2) is 5.55. The van der Waals surface area contributed by atoms with Crippen LogP contribution in [0.4, 0.5) is 15.8 Å². The molecule has 2 N–H and O–H groups in total. The molecule has 0 saturated heterocycles. The van der Waals surface area contributed by atoms with Crippen molar-refractivity contribution in [3.8, 4) is 0 Å². The van der Waals surface area contributed by atoms with Crippen LogP contribution < -0.4 is 10.9 Å². The third-order valence-electron chi connectivity index (χ3n) is 2.25. The molecule has 0 radical (unpaired) electrons. The topological polar surface area (TPSA) is 81.6 Å². The SMILES string of the molecule is COCCc1cc(F)c(N(C)N)c([N+](=O)[O-])c1. The number of halogens is 1. The number of rotatable bonds is 5. The molecule has 0 heterocycles. The highest BCUT2D eigenvalue weighted by Crippen LogP contribution is 2.30. The lowest BCUT2D eigenvalue weighted by Gasteiger charge is -2.14. The van der Waals surface area contributed by atoms with Crippen LogP contribution in [0.3, 0.4) is 0 Å². The Labute approximate surface area is 97.9 Å². The van der Waals surface area contributed by atoms with Crippen molar-refractivity contribution in [2.45, 2.75) is 6.42 Å². The molecule has 0 bridgehead atoms. The maximum atomic E-state index is 13.7. The molecule has 0 atom stereocenters. The van der Waals surface area contributed by atoms with Crippen LogP contribution in [0.2, 0.25) is 0 Å². The van der Waals surface area contributed by atoms with E-state index in [0.717, 1.165) is 5.01 Å². The molecule has 0 unspecified atom stereocenters. The number of nitrogens with two attached hydrogens (primary N) is 1. The Morgan fingerprint density at radius 3 is 2.71 bits per heavy atom. The van der Waals surface area contributed by atoms with E-state index in [0.29, 0.717) is 18.6 Å². The first-order valence-electron chi connectivity index (χ1n) is 4.91. The van der Waals surface area contributed by atoms with E-state index in [1.807, 2.05) is 0 Å². The Bertz CT molecular complexity index is 424. The molecule has 1 aromatic rings. The average molecular weight is 243 g/mol. The van der Waals surface area contributed by atoms with Gasteiger partial charge in [0.05, 0.1) is 11.5 Å². The van der Waals surface area contributed by atoms with Gasteiger partial charge in [0.1, 0.15) is 0 Å². The summed E-state index contributed by atoms with van der Waals surface area (Å²) in [5, 5.41) is 11.7. The quantitative estimate of drug-likeness (QED) is 0.478. The second-order valence-electron chi connectivity index (χ2n) is 3.56. The Balaban J connectivity index is 3.21. The van der Waals surface area contributed by atoms with E-state index in [1.54, 1.807) is 0 Å². The predicted octanol–water partition coefficient (Wildman–Crippen LogP) is 1.23. The highest BCUT2D eigenvalue weighted by molar-refractivity contribution is 5.64. The van der Waals surface area contributed by atoms with Gasteiger partial charge < -0.3 is 9.75 Å². The van der Waals surface area contributed by atoms with E-state index in [-0.39, 0.29) is 11.4 Å². The first-order valence-corrected chi connectivity index (χ1v) is 4.91. The molecule has 0 aliphatic heterocycles. The first kappa shape index (κ1) is 13.3. The van der Waals surface area contributed by atoms with Crippen molar-refractivity contribution in [1.82, 2.24) is 0 Å². The number of hydrogen-bond donors (Lipinski definition) is 1. The molecule has 0 amide bonds. The van der Waals surface area contributed by atoms with Gasteiger partial charge in [-0.15, -0.1) is 0 Å². The number of methoxy groups -OCH3 is 1. The molecule has 0 fully saturated rings. The van der Waals surface area contributed by atoms with Crippen molar-refractivity contribution in [2.24, 2.45) is 5.84 Å². The predicted molar refractivity (Wildman–Crippen MR) is 61.2 cm³/mol. The van der Waals surface area contributed by atoms with E-state index < -0.39 is 10.7 Å². The summed E-state index contributed by atoms with van der Waals surface area (Å²) < 4.78 is 18.5. The maximum absolute atomic E-state index is 13.7. The van der Waals surface area contributed by atoms with Crippen molar-refractivity contribution in [1.29, 1.82) is 0 Å². The zero-order valence-corrected chi connectivity index (χ0v) is 9.64. The standard InChI is InChI=1S/C10H14FN3O3/c1-13(12)10-8(11)5-7(3-4-17-2)6-9(10)14(15)16/h5-6H,3-4,12H2,1-2H3. The molecule has 0 aromatic heterocycles. The summed E-state index contributed by atoms with van der Waals surface area (Å²) in [4.78, 5) is 10.2. The highest BCUT2D eigenvalue weighted by Gasteiger charge is 2.21. The third-order valence-corrected chi connectivity index (χ3v) is 2.25. The zero-order chi connectivity index (χ0) is 13.0. The Kier molecular flexibility index (Phi) is 4.36. The summed E-state index contributed by atoms with van der Waals surface area (Å²) in [7, 11) is 2.85. The van der Waals surface area contributed by atoms with E-state index in [1.165, 1.54) is 26.3 Å². The van der Waals surface area contributed by atoms with Crippen molar-refractivity contribution in [3.63, 3.8) is 0 Å². The van der Waals surface area contributed by atoms with Gasteiger partial charge in [0.2, 0.25) is 0 Å². The summed E-state index contributed by atoms with van der Waals surface area (Å²) in [5.41, 5.74) is -0.0704. The van der Waals surface area contributed by atoms with Crippen LogP contribution in [-0.2, 0) is 11.2 Å². The Hall–Kier alpha value is -1.73. The van der Waals surface area contributed by atoms with Gasteiger partial charge in [-0.05, 0) is 18.1 Å². The Morgan fingerprint density at radius 1 is 1.59 bits per heavy atom. The number of nitro benzene ring substituents is 1. The number of nitro groups is 1. The van der Waals surface area contributed by atoms with Crippen LogP contribution in [0.5, 0.6) is 0 Å². The summed E-state index contributed by atoms with van der Waals surface area (Å²) in [5.74, 6) is 4.65. The number of anilines is 1. The normalized spacial score (nSPS) is 10.4. The number of hydrogen-bond acceptors (Lipinski definition) is 5. The molecular weight excluding hydrogens is 229 g/mol. The van der Waals surface area contributed by atoms with Gasteiger partial charge >= 0.3 is 0 Å². The molecule has 7 heteroatoms. The van der Waals surface area contributed by atoms with Crippen LogP contribution in [0.25, 0.3) is 0 Å². The van der Waals surface area contributed by atoms with Gasteiger partial charge in [-0.3, -0.25) is 10.1 Å². The number of hydrazine groups is 1. The van der Waals surface area contributed by atoms with Crippen molar-refractivity contribution < 1.29 is 14.1 Å². The van der Waals surface area contributed by atoms with Crippen LogP contribution in [0.1, 0.15) is 5.56 Å². The number of benzene rings is 1. The lowest BCUT2D eigenvalue weighted by Crippen LogP contribution is -2.27. The molecule has 0 spiro atoms. The second-order valence-corrected chi connectivity index (χ2v) is 3.56. The minimum atomic E-state index is -0.713. The van der Waals surface area contributed by atoms with Gasteiger partial charge in [-0.2, -0.15) is 0 Å². The van der Waals surface area contributed by atoms with Crippen molar-refractivity contribution in [3.05, 3.63) is 33.6 Å². The smallest absolute Gasteiger partial charge is 0.297 e. The average Bonchev–Trinajstić information content (AvgIpc) is 2.24.